The Morgan fingerprint density at radius 1 is 1.26 bits per heavy atom. The standard InChI is InChI=1S/C28H34FN5O5/c1-3-23(22-14-20(29)4-6-26(22)39-18-36)31-15-25(37)19-8-11-33(12-9-19)16-21-17-34-27(38)7-5-24(30-10-13-35)28(34)32(21)2/h3-7,10,13-14,18-19,21,25,31,37H,8-9,11-12,15-17H2,1-2H3/b23-3+,30-10?. The number of carbonyl (C=O) groups excluding carboxylic acids is 2. The second kappa shape index (κ2) is 12.8. The second-order valence-corrected chi connectivity index (χ2v) is 9.81. The van der Waals surface area contributed by atoms with Crippen molar-refractivity contribution in [1.29, 1.82) is 0 Å². The number of nitrogens with one attached hydrogen (secondary N) is 1. The number of aliphatic hydroxyl groups excluding tert-OH is 1. The molecule has 0 aliphatic carbocycles. The predicted molar refractivity (Wildman–Crippen MR) is 147 cm³/mol. The first kappa shape index (κ1) is 28.2. The van der Waals surface area contributed by atoms with Gasteiger partial charge in [0.05, 0.1) is 18.4 Å². The third kappa shape index (κ3) is 6.43. The number of pyridine rings is 1. The molecule has 1 fully saturated rings. The highest BCUT2D eigenvalue weighted by Gasteiger charge is 2.33. The smallest absolute Gasteiger partial charge is 0.298 e. The van der Waals surface area contributed by atoms with Crippen molar-refractivity contribution < 1.29 is 23.8 Å². The van der Waals surface area contributed by atoms with E-state index in [-0.39, 0.29) is 29.8 Å². The van der Waals surface area contributed by atoms with E-state index in [1.54, 1.807) is 23.6 Å². The van der Waals surface area contributed by atoms with E-state index in [4.69, 9.17) is 4.74 Å². The summed E-state index contributed by atoms with van der Waals surface area (Å²) >= 11 is 0. The molecule has 0 bridgehead atoms. The third-order valence-corrected chi connectivity index (χ3v) is 7.53. The van der Waals surface area contributed by atoms with Crippen LogP contribution >= 0.6 is 0 Å². The van der Waals surface area contributed by atoms with Gasteiger partial charge in [0.15, 0.2) is 6.29 Å². The van der Waals surface area contributed by atoms with Crippen LogP contribution in [-0.4, -0.2) is 78.9 Å². The molecule has 2 aliphatic rings. The summed E-state index contributed by atoms with van der Waals surface area (Å²) in [6.45, 7) is 5.28. The number of anilines is 1. The average Bonchev–Trinajstić information content (AvgIpc) is 3.27. The number of carbonyl (C=O) groups is 2. The summed E-state index contributed by atoms with van der Waals surface area (Å²) in [6.07, 6.45) is 4.56. The van der Waals surface area contributed by atoms with Gasteiger partial charge in [-0.25, -0.2) is 9.38 Å². The number of aromatic nitrogens is 1. The van der Waals surface area contributed by atoms with Crippen LogP contribution < -0.4 is 20.5 Å². The number of hydrogen-bond acceptors (Lipinski definition) is 9. The number of likely N-dealkylation sites (N-methyl/N-ethyl adjacent to an activating group) is 1. The summed E-state index contributed by atoms with van der Waals surface area (Å²) in [4.78, 5) is 42.6. The second-order valence-electron chi connectivity index (χ2n) is 9.81. The number of halogens is 1. The molecular formula is C28H34FN5O5. The largest absolute Gasteiger partial charge is 0.428 e. The zero-order chi connectivity index (χ0) is 27.9. The van der Waals surface area contributed by atoms with Gasteiger partial charge in [0, 0.05) is 44.0 Å². The first-order chi connectivity index (χ1) is 18.9. The number of piperidine rings is 1. The number of ether oxygens (including phenoxy) is 1. The van der Waals surface area contributed by atoms with Crippen LogP contribution in [0.15, 0.2) is 46.2 Å². The van der Waals surface area contributed by atoms with Crippen LogP contribution in [0.2, 0.25) is 0 Å². The number of rotatable bonds is 11. The van der Waals surface area contributed by atoms with E-state index in [0.717, 1.165) is 32.5 Å². The van der Waals surface area contributed by atoms with Gasteiger partial charge in [-0.1, -0.05) is 6.08 Å². The van der Waals surface area contributed by atoms with Crippen LogP contribution in [0.5, 0.6) is 5.75 Å². The van der Waals surface area contributed by atoms with Gasteiger partial charge >= 0.3 is 0 Å². The molecule has 4 rings (SSSR count). The van der Waals surface area contributed by atoms with E-state index in [1.807, 2.05) is 7.05 Å². The summed E-state index contributed by atoms with van der Waals surface area (Å²) < 4.78 is 20.5. The Labute approximate surface area is 226 Å². The Morgan fingerprint density at radius 2 is 2.03 bits per heavy atom. The van der Waals surface area contributed by atoms with Crippen molar-refractivity contribution in [3.63, 3.8) is 0 Å². The van der Waals surface area contributed by atoms with E-state index < -0.39 is 11.9 Å². The highest BCUT2D eigenvalue weighted by atomic mass is 19.1. The molecule has 1 aromatic heterocycles. The van der Waals surface area contributed by atoms with Gasteiger partial charge < -0.3 is 25.0 Å². The molecule has 2 aromatic rings. The van der Waals surface area contributed by atoms with Crippen molar-refractivity contribution in [3.05, 3.63) is 58.1 Å². The average molecular weight is 540 g/mol. The van der Waals surface area contributed by atoms with Crippen LogP contribution in [-0.2, 0) is 16.1 Å². The van der Waals surface area contributed by atoms with Gasteiger partial charge in [-0.3, -0.25) is 19.0 Å². The molecule has 208 valence electrons. The fourth-order valence-electron chi connectivity index (χ4n) is 5.42. The number of benzene rings is 1. The highest BCUT2D eigenvalue weighted by Crippen LogP contribution is 2.33. The molecule has 0 amide bonds. The molecule has 2 N–H and O–H groups in total. The molecule has 10 nitrogen and oxygen atoms in total. The SMILES string of the molecule is C/C=C(/NCC(O)C1CCN(CC2Cn3c(c(N=CC=O)ccc3=O)N2C)CC1)c1cc(F)ccc1OC=O. The molecular weight excluding hydrogens is 505 g/mol. The topological polar surface area (TPSA) is 116 Å². The number of likely N-dealkylation sites (tertiary alicyclic amines) is 1. The van der Waals surface area contributed by atoms with Gasteiger partial charge in [-0.05, 0) is 63.0 Å². The third-order valence-electron chi connectivity index (χ3n) is 7.53. The molecule has 39 heavy (non-hydrogen) atoms. The fraction of sp³-hybridized carbons (Fsp3) is 0.429. The maximum Gasteiger partial charge on any atom is 0.298 e. The van der Waals surface area contributed by atoms with Crippen LogP contribution in [0.1, 0.15) is 25.3 Å². The van der Waals surface area contributed by atoms with E-state index in [1.165, 1.54) is 30.5 Å². The fourth-order valence-corrected chi connectivity index (χ4v) is 5.42. The van der Waals surface area contributed by atoms with Crippen LogP contribution in [0, 0.1) is 11.7 Å². The van der Waals surface area contributed by atoms with Gasteiger partial charge in [-0.2, -0.15) is 0 Å². The Kier molecular flexibility index (Phi) is 9.26. The number of aliphatic hydroxyl groups is 1. The first-order valence-electron chi connectivity index (χ1n) is 13.0. The number of aldehydes is 1. The molecule has 0 radical (unpaired) electrons. The zero-order valence-electron chi connectivity index (χ0n) is 22.1. The van der Waals surface area contributed by atoms with Crippen molar-refractivity contribution in [2.45, 2.75) is 38.5 Å². The number of hydrogen-bond donors (Lipinski definition) is 2. The van der Waals surface area contributed by atoms with E-state index in [0.29, 0.717) is 42.1 Å². The maximum absolute atomic E-state index is 13.9. The lowest BCUT2D eigenvalue weighted by Gasteiger charge is -2.36. The maximum atomic E-state index is 13.9. The Balaban J connectivity index is 1.31. The number of nitrogens with zero attached hydrogens (tertiary/aromatic N) is 4. The minimum atomic E-state index is -0.610. The number of aliphatic imine (C=N–C) groups is 1. The highest BCUT2D eigenvalue weighted by molar-refractivity contribution is 6.13. The van der Waals surface area contributed by atoms with Gasteiger partial charge in [0.1, 0.15) is 23.1 Å². The summed E-state index contributed by atoms with van der Waals surface area (Å²) in [7, 11) is 1.94. The quantitative estimate of drug-likeness (QED) is 0.329. The van der Waals surface area contributed by atoms with Crippen molar-refractivity contribution in [1.82, 2.24) is 14.8 Å². The van der Waals surface area contributed by atoms with E-state index in [9.17, 15) is 23.9 Å². The zero-order valence-corrected chi connectivity index (χ0v) is 22.1. The molecule has 0 saturated carbocycles. The predicted octanol–water partition coefficient (Wildman–Crippen LogP) is 1.97. The summed E-state index contributed by atoms with van der Waals surface area (Å²) in [5.74, 6) is 0.582. The Morgan fingerprint density at radius 3 is 2.72 bits per heavy atom. The minimum absolute atomic E-state index is 0.0831. The molecule has 2 aliphatic heterocycles. The van der Waals surface area contributed by atoms with Crippen LogP contribution in [0.3, 0.4) is 0 Å². The van der Waals surface area contributed by atoms with Crippen molar-refractivity contribution in [2.75, 3.05) is 38.1 Å². The normalized spacial score (nSPS) is 19.2. The molecule has 1 aromatic carbocycles. The monoisotopic (exact) mass is 539 g/mol. The van der Waals surface area contributed by atoms with Crippen LogP contribution in [0.4, 0.5) is 15.9 Å². The van der Waals surface area contributed by atoms with Crippen molar-refractivity contribution in [3.8, 4) is 5.75 Å². The summed E-state index contributed by atoms with van der Waals surface area (Å²) in [5, 5.41) is 14.1. The van der Waals surface area contributed by atoms with E-state index >= 15 is 0 Å². The Hall–Kier alpha value is -3.83. The minimum Gasteiger partial charge on any atom is -0.428 e. The molecule has 11 heteroatoms. The summed E-state index contributed by atoms with van der Waals surface area (Å²) in [5.41, 5.74) is 1.47. The Bertz CT molecular complexity index is 1300. The van der Waals surface area contributed by atoms with Crippen LogP contribution in [0.25, 0.3) is 5.70 Å². The summed E-state index contributed by atoms with van der Waals surface area (Å²) in [6, 6.07) is 7.10. The number of fused-ring (bicyclic) bond motifs is 1. The molecule has 2 atom stereocenters. The molecule has 1 saturated heterocycles. The molecule has 0 spiro atoms. The lowest BCUT2D eigenvalue weighted by molar-refractivity contribution is -0.120. The van der Waals surface area contributed by atoms with Gasteiger partial charge in [0.2, 0.25) is 0 Å². The van der Waals surface area contributed by atoms with Gasteiger partial charge in [0.25, 0.3) is 12.0 Å². The van der Waals surface area contributed by atoms with Gasteiger partial charge in [-0.15, -0.1) is 0 Å². The lowest BCUT2D eigenvalue weighted by Crippen LogP contribution is -2.46. The number of allylic oxidation sites excluding steroid dienone is 1. The molecule has 2 unspecified atom stereocenters. The molecule has 3 heterocycles. The lowest BCUT2D eigenvalue weighted by atomic mass is 9.90. The first-order valence-corrected chi connectivity index (χ1v) is 13.0. The van der Waals surface area contributed by atoms with Crippen molar-refractivity contribution >= 4 is 36.2 Å². The van der Waals surface area contributed by atoms with E-state index in [2.05, 4.69) is 20.1 Å². The van der Waals surface area contributed by atoms with Crippen molar-refractivity contribution in [2.24, 2.45) is 10.9 Å².